The molecule has 0 radical (unpaired) electrons. The largest absolute Gasteiger partial charge is 0.573 e. The number of carbonyl (C=O) groups is 2. The number of furan rings is 1. The van der Waals surface area contributed by atoms with E-state index in [0.717, 1.165) is 12.1 Å². The van der Waals surface area contributed by atoms with Gasteiger partial charge in [-0.1, -0.05) is 12.1 Å². The summed E-state index contributed by atoms with van der Waals surface area (Å²) in [5.41, 5.74) is 0.777. The van der Waals surface area contributed by atoms with Crippen LogP contribution in [0, 0.1) is 0 Å². The van der Waals surface area contributed by atoms with Crippen LogP contribution in [0.4, 0.5) is 18.9 Å². The Kier molecular flexibility index (Phi) is 6.05. The van der Waals surface area contributed by atoms with E-state index >= 15 is 0 Å². The zero-order valence-corrected chi connectivity index (χ0v) is 15.6. The summed E-state index contributed by atoms with van der Waals surface area (Å²) in [6.45, 7) is 1.67. The molecule has 0 unspecified atom stereocenters. The molecule has 7 nitrogen and oxygen atoms in total. The molecule has 1 aromatic carbocycles. The Labute approximate surface area is 168 Å². The van der Waals surface area contributed by atoms with Gasteiger partial charge in [-0.3, -0.25) is 14.3 Å². The van der Waals surface area contributed by atoms with Gasteiger partial charge in [-0.05, 0) is 35.9 Å². The van der Waals surface area contributed by atoms with Gasteiger partial charge in [-0.15, -0.1) is 13.2 Å². The number of ether oxygens (including phenoxy) is 1. The number of halogens is 3. The first-order valence-corrected chi connectivity index (χ1v) is 8.65. The fraction of sp³-hybridized carbons (Fsp3) is 0.150. The smallest absolute Gasteiger partial charge is 0.456 e. The minimum absolute atomic E-state index is 0.183. The number of rotatable bonds is 7. The third kappa shape index (κ3) is 6.09. The number of Topliss-reactive ketones (excluding diaryl/α,β-unsaturated/α-hetero) is 1. The molecule has 0 atom stereocenters. The molecule has 3 rings (SSSR count). The Morgan fingerprint density at radius 3 is 2.77 bits per heavy atom. The van der Waals surface area contributed by atoms with Crippen LogP contribution >= 0.6 is 0 Å². The summed E-state index contributed by atoms with van der Waals surface area (Å²) in [5, 5.41) is 6.68. The molecule has 0 aliphatic carbocycles. The zero-order valence-electron chi connectivity index (χ0n) is 15.6. The molecule has 2 heterocycles. The van der Waals surface area contributed by atoms with Gasteiger partial charge in [0.15, 0.2) is 11.5 Å². The van der Waals surface area contributed by atoms with Gasteiger partial charge in [-0.25, -0.2) is 0 Å². The highest BCUT2D eigenvalue weighted by atomic mass is 19.4. The number of nitrogens with one attached hydrogen (secondary N) is 1. The number of hydrogen-bond donors (Lipinski definition) is 1. The summed E-state index contributed by atoms with van der Waals surface area (Å²) in [6.07, 6.45) is 0.742. The van der Waals surface area contributed by atoms with Crippen LogP contribution in [0.1, 0.15) is 28.8 Å². The molecule has 30 heavy (non-hydrogen) atoms. The second-order valence-corrected chi connectivity index (χ2v) is 6.19. The maximum atomic E-state index is 12.3. The van der Waals surface area contributed by atoms with E-state index in [0.29, 0.717) is 17.0 Å². The molecule has 10 heteroatoms. The van der Waals surface area contributed by atoms with Crippen molar-refractivity contribution in [2.45, 2.75) is 19.8 Å². The Morgan fingerprint density at radius 1 is 1.27 bits per heavy atom. The van der Waals surface area contributed by atoms with Crippen LogP contribution in [0.25, 0.3) is 6.08 Å². The first-order valence-electron chi connectivity index (χ1n) is 8.65. The van der Waals surface area contributed by atoms with Gasteiger partial charge >= 0.3 is 6.36 Å². The molecule has 0 aliphatic rings. The highest BCUT2D eigenvalue weighted by Gasteiger charge is 2.31. The molecule has 0 aliphatic heterocycles. The summed E-state index contributed by atoms with van der Waals surface area (Å²) in [7, 11) is 0. The molecule has 0 spiro atoms. The van der Waals surface area contributed by atoms with Gasteiger partial charge in [0.25, 0.3) is 0 Å². The Balaban J connectivity index is 1.57. The highest BCUT2D eigenvalue weighted by Crippen LogP contribution is 2.23. The molecule has 2 aromatic heterocycles. The van der Waals surface area contributed by atoms with Gasteiger partial charge in [0, 0.05) is 19.2 Å². The zero-order chi connectivity index (χ0) is 21.7. The van der Waals surface area contributed by atoms with Crippen molar-refractivity contribution in [1.29, 1.82) is 0 Å². The number of alkyl halides is 3. The van der Waals surface area contributed by atoms with Crippen molar-refractivity contribution in [2.24, 2.45) is 0 Å². The van der Waals surface area contributed by atoms with Crippen LogP contribution in [0.2, 0.25) is 0 Å². The van der Waals surface area contributed by atoms with E-state index in [4.69, 9.17) is 4.42 Å². The van der Waals surface area contributed by atoms with Crippen molar-refractivity contribution in [2.75, 3.05) is 5.32 Å². The first kappa shape index (κ1) is 20.9. The van der Waals surface area contributed by atoms with Crippen molar-refractivity contribution in [1.82, 2.24) is 9.78 Å². The topological polar surface area (TPSA) is 86.4 Å². The average Bonchev–Trinajstić information content (AvgIpc) is 3.29. The van der Waals surface area contributed by atoms with Crippen molar-refractivity contribution >= 4 is 23.5 Å². The second-order valence-electron chi connectivity index (χ2n) is 6.19. The monoisotopic (exact) mass is 419 g/mol. The third-order valence-electron chi connectivity index (χ3n) is 3.75. The quantitative estimate of drug-likeness (QED) is 0.456. The van der Waals surface area contributed by atoms with E-state index in [2.05, 4.69) is 15.2 Å². The predicted molar refractivity (Wildman–Crippen MR) is 101 cm³/mol. The maximum absolute atomic E-state index is 12.3. The third-order valence-corrected chi connectivity index (χ3v) is 3.75. The SMILES string of the molecule is CC(=O)c1ccc(Cn2cc(NC(=O)/C=C\c3cccc(OC(F)(F)F)c3)cn2)o1. The number of ketones is 1. The second kappa shape index (κ2) is 8.68. The lowest BCUT2D eigenvalue weighted by molar-refractivity contribution is -0.274. The summed E-state index contributed by atoms with van der Waals surface area (Å²) in [6, 6.07) is 8.48. The fourth-order valence-electron chi connectivity index (χ4n) is 2.50. The van der Waals surface area contributed by atoms with Gasteiger partial charge < -0.3 is 14.5 Å². The average molecular weight is 419 g/mol. The minimum Gasteiger partial charge on any atom is -0.456 e. The van der Waals surface area contributed by atoms with Crippen molar-refractivity contribution in [3.8, 4) is 5.75 Å². The van der Waals surface area contributed by atoms with Gasteiger partial charge in [-0.2, -0.15) is 5.10 Å². The standard InChI is InChI=1S/C20H16F3N3O4/c1-13(27)18-7-6-17(29-18)12-26-11-15(10-24-26)25-19(28)8-5-14-3-2-4-16(9-14)30-20(21,22)23/h2-11H,12H2,1H3,(H,25,28)/b8-5-. The van der Waals surface area contributed by atoms with E-state index in [1.54, 1.807) is 18.3 Å². The molecule has 0 bridgehead atoms. The van der Waals surface area contributed by atoms with Crippen LogP contribution in [0.3, 0.4) is 0 Å². The predicted octanol–water partition coefficient (Wildman–Crippen LogP) is 4.28. The van der Waals surface area contributed by atoms with Crippen LogP contribution in [0.15, 0.2) is 59.3 Å². The Bertz CT molecular complexity index is 1080. The lowest BCUT2D eigenvalue weighted by atomic mass is 10.2. The lowest BCUT2D eigenvalue weighted by Gasteiger charge is -2.08. The molecule has 0 saturated heterocycles. The summed E-state index contributed by atoms with van der Waals surface area (Å²) >= 11 is 0. The number of anilines is 1. The minimum atomic E-state index is -4.79. The van der Waals surface area contributed by atoms with E-state index in [-0.39, 0.29) is 23.8 Å². The number of nitrogens with zero attached hydrogens (tertiary/aromatic N) is 2. The summed E-state index contributed by atoms with van der Waals surface area (Å²) in [4.78, 5) is 23.3. The highest BCUT2D eigenvalue weighted by molar-refractivity contribution is 6.01. The van der Waals surface area contributed by atoms with E-state index in [1.807, 2.05) is 0 Å². The molecule has 1 N–H and O–H groups in total. The lowest BCUT2D eigenvalue weighted by Crippen LogP contribution is -2.17. The number of hydrogen-bond acceptors (Lipinski definition) is 5. The van der Waals surface area contributed by atoms with Gasteiger partial charge in [0.1, 0.15) is 11.5 Å². The van der Waals surface area contributed by atoms with Crippen molar-refractivity contribution in [3.05, 3.63) is 72.0 Å². The number of amides is 1. The van der Waals surface area contributed by atoms with Gasteiger partial charge in [0.05, 0.1) is 18.4 Å². The molecule has 0 fully saturated rings. The van der Waals surface area contributed by atoms with Crippen LogP contribution in [-0.4, -0.2) is 27.8 Å². The first-order chi connectivity index (χ1) is 14.2. The molecule has 3 aromatic rings. The number of benzene rings is 1. The molecule has 0 saturated carbocycles. The van der Waals surface area contributed by atoms with Crippen molar-refractivity contribution in [3.63, 3.8) is 0 Å². The molecular weight excluding hydrogens is 403 g/mol. The van der Waals surface area contributed by atoms with Gasteiger partial charge in [0.2, 0.25) is 5.91 Å². The molecular formula is C20H16F3N3O4. The normalized spacial score (nSPS) is 11.6. The maximum Gasteiger partial charge on any atom is 0.573 e. The van der Waals surface area contributed by atoms with Crippen LogP contribution in [0.5, 0.6) is 5.75 Å². The molecule has 1 amide bonds. The fourth-order valence-corrected chi connectivity index (χ4v) is 2.50. The van der Waals surface area contributed by atoms with Crippen LogP contribution in [-0.2, 0) is 11.3 Å². The molecule has 156 valence electrons. The number of carbonyl (C=O) groups excluding carboxylic acids is 2. The Morgan fingerprint density at radius 2 is 2.07 bits per heavy atom. The summed E-state index contributed by atoms with van der Waals surface area (Å²) < 4.78 is 47.5. The van der Waals surface area contributed by atoms with Crippen LogP contribution < -0.4 is 10.1 Å². The summed E-state index contributed by atoms with van der Waals surface area (Å²) in [5.74, 6) is -0.273. The van der Waals surface area contributed by atoms with E-state index < -0.39 is 12.3 Å². The van der Waals surface area contributed by atoms with E-state index in [9.17, 15) is 22.8 Å². The van der Waals surface area contributed by atoms with E-state index in [1.165, 1.54) is 42.1 Å². The number of aromatic nitrogens is 2. The Hall–Kier alpha value is -3.82. The van der Waals surface area contributed by atoms with Crippen molar-refractivity contribution < 1.29 is 31.9 Å².